The third-order valence-corrected chi connectivity index (χ3v) is 5.38. The molecule has 2 aliphatic rings. The number of anilines is 1. The van der Waals surface area contributed by atoms with Gasteiger partial charge in [-0.2, -0.15) is 0 Å². The van der Waals surface area contributed by atoms with Gasteiger partial charge >= 0.3 is 0 Å². The molecule has 0 spiro atoms. The summed E-state index contributed by atoms with van der Waals surface area (Å²) in [5.74, 6) is 1.68. The van der Waals surface area contributed by atoms with Gasteiger partial charge < -0.3 is 20.5 Å². The molecule has 6 heteroatoms. The van der Waals surface area contributed by atoms with Crippen LogP contribution in [-0.4, -0.2) is 56.3 Å². The Morgan fingerprint density at radius 1 is 1.31 bits per heavy atom. The number of nitrogens with one attached hydrogen (secondary N) is 1. The maximum absolute atomic E-state index is 12.3. The highest BCUT2D eigenvalue weighted by molar-refractivity contribution is 5.94. The van der Waals surface area contributed by atoms with E-state index in [9.17, 15) is 4.79 Å². The summed E-state index contributed by atoms with van der Waals surface area (Å²) >= 11 is 0. The molecule has 1 aromatic rings. The molecular formula is C20H31N3O3. The molecule has 2 fully saturated rings. The number of carbonyl (C=O) groups excluding carboxylic acids is 1. The van der Waals surface area contributed by atoms with Gasteiger partial charge in [0.05, 0.1) is 6.04 Å². The van der Waals surface area contributed by atoms with Crippen LogP contribution in [0, 0.1) is 11.8 Å². The number of likely N-dealkylation sites (tertiary alicyclic amines) is 1. The number of nitrogens with zero attached hydrogens (tertiary/aromatic N) is 1. The minimum atomic E-state index is -0.488. The van der Waals surface area contributed by atoms with E-state index in [1.165, 1.54) is 19.5 Å². The molecule has 2 aliphatic heterocycles. The smallest absolute Gasteiger partial charge is 0.241 e. The quantitative estimate of drug-likeness (QED) is 0.778. The van der Waals surface area contributed by atoms with Crippen LogP contribution in [0.25, 0.3) is 0 Å². The molecule has 2 atom stereocenters. The minimum Gasteiger partial charge on any atom is -0.492 e. The van der Waals surface area contributed by atoms with Crippen molar-refractivity contribution in [3.05, 3.63) is 24.3 Å². The van der Waals surface area contributed by atoms with Crippen molar-refractivity contribution in [1.29, 1.82) is 0 Å². The predicted molar refractivity (Wildman–Crippen MR) is 102 cm³/mol. The van der Waals surface area contributed by atoms with Gasteiger partial charge in [0.15, 0.2) is 0 Å². The number of hydrogen-bond acceptors (Lipinski definition) is 5. The summed E-state index contributed by atoms with van der Waals surface area (Å²) in [5, 5.41) is 2.90. The summed E-state index contributed by atoms with van der Waals surface area (Å²) in [6, 6.07) is 7.02. The summed E-state index contributed by atoms with van der Waals surface area (Å²) in [5.41, 5.74) is 6.86. The molecule has 2 unspecified atom stereocenters. The van der Waals surface area contributed by atoms with E-state index in [1.807, 2.05) is 24.3 Å². The van der Waals surface area contributed by atoms with Crippen molar-refractivity contribution < 1.29 is 14.3 Å². The first-order valence-electron chi connectivity index (χ1n) is 9.71. The topological polar surface area (TPSA) is 76.8 Å². The van der Waals surface area contributed by atoms with Crippen LogP contribution < -0.4 is 15.8 Å². The van der Waals surface area contributed by atoms with E-state index in [-0.39, 0.29) is 11.8 Å². The molecule has 2 saturated heterocycles. The first-order chi connectivity index (χ1) is 12.6. The van der Waals surface area contributed by atoms with Crippen LogP contribution in [0.15, 0.2) is 24.3 Å². The summed E-state index contributed by atoms with van der Waals surface area (Å²) in [4.78, 5) is 14.8. The van der Waals surface area contributed by atoms with Gasteiger partial charge in [0, 0.05) is 32.0 Å². The summed E-state index contributed by atoms with van der Waals surface area (Å²) in [7, 11) is 0. The van der Waals surface area contributed by atoms with Crippen LogP contribution in [-0.2, 0) is 9.53 Å². The molecule has 0 aromatic heterocycles. The zero-order valence-corrected chi connectivity index (χ0v) is 15.7. The lowest BCUT2D eigenvalue weighted by molar-refractivity contribution is -0.119. The Bertz CT molecular complexity index is 572. The maximum Gasteiger partial charge on any atom is 0.241 e. The van der Waals surface area contributed by atoms with Crippen molar-refractivity contribution in [2.75, 3.05) is 44.8 Å². The van der Waals surface area contributed by atoms with E-state index in [0.29, 0.717) is 19.8 Å². The fraction of sp³-hybridized carbons (Fsp3) is 0.650. The van der Waals surface area contributed by atoms with Gasteiger partial charge in [-0.3, -0.25) is 9.69 Å². The second kappa shape index (κ2) is 9.35. The molecule has 1 amide bonds. The molecule has 0 aliphatic carbocycles. The summed E-state index contributed by atoms with van der Waals surface area (Å²) in [6.45, 7) is 7.66. The zero-order chi connectivity index (χ0) is 18.4. The molecule has 0 bridgehead atoms. The molecular weight excluding hydrogens is 330 g/mol. The molecule has 2 heterocycles. The highest BCUT2D eigenvalue weighted by Crippen LogP contribution is 2.20. The predicted octanol–water partition coefficient (Wildman–Crippen LogP) is 2.10. The lowest BCUT2D eigenvalue weighted by Gasteiger charge is -2.26. The number of rotatable bonds is 7. The molecule has 3 N–H and O–H groups in total. The Morgan fingerprint density at radius 3 is 2.69 bits per heavy atom. The van der Waals surface area contributed by atoms with Gasteiger partial charge in [-0.25, -0.2) is 0 Å². The third kappa shape index (κ3) is 5.43. The summed E-state index contributed by atoms with van der Waals surface area (Å²) in [6.07, 6.45) is 2.97. The fourth-order valence-corrected chi connectivity index (χ4v) is 3.67. The van der Waals surface area contributed by atoms with E-state index in [0.717, 1.165) is 36.7 Å². The Labute approximate surface area is 156 Å². The molecule has 26 heavy (non-hydrogen) atoms. The third-order valence-electron chi connectivity index (χ3n) is 5.38. The fourth-order valence-electron chi connectivity index (χ4n) is 3.67. The highest BCUT2D eigenvalue weighted by Gasteiger charge is 2.26. The number of carbonyl (C=O) groups is 1. The second-order valence-corrected chi connectivity index (χ2v) is 7.53. The SMILES string of the molecule is CC1CCN(CCOc2ccc(NC(=O)C(N)C3CCOCC3)cc2)C1. The van der Waals surface area contributed by atoms with E-state index in [4.69, 9.17) is 15.2 Å². The van der Waals surface area contributed by atoms with Crippen LogP contribution in [0.2, 0.25) is 0 Å². The van der Waals surface area contributed by atoms with Crippen molar-refractivity contribution >= 4 is 11.6 Å². The van der Waals surface area contributed by atoms with Gasteiger partial charge in [0.2, 0.25) is 5.91 Å². The summed E-state index contributed by atoms with van der Waals surface area (Å²) < 4.78 is 11.1. The van der Waals surface area contributed by atoms with Crippen LogP contribution in [0.4, 0.5) is 5.69 Å². The number of benzene rings is 1. The van der Waals surface area contributed by atoms with Crippen molar-refractivity contribution in [2.24, 2.45) is 17.6 Å². The second-order valence-electron chi connectivity index (χ2n) is 7.53. The average Bonchev–Trinajstić information content (AvgIpc) is 3.08. The Balaban J connectivity index is 1.41. The Morgan fingerprint density at radius 2 is 2.04 bits per heavy atom. The van der Waals surface area contributed by atoms with Gasteiger partial charge in [0.25, 0.3) is 0 Å². The maximum atomic E-state index is 12.3. The minimum absolute atomic E-state index is 0.131. The molecule has 144 valence electrons. The first kappa shape index (κ1) is 19.1. The van der Waals surface area contributed by atoms with Crippen molar-refractivity contribution in [2.45, 2.75) is 32.2 Å². The highest BCUT2D eigenvalue weighted by atomic mass is 16.5. The number of amides is 1. The van der Waals surface area contributed by atoms with Gasteiger partial charge in [0.1, 0.15) is 12.4 Å². The largest absolute Gasteiger partial charge is 0.492 e. The number of hydrogen-bond donors (Lipinski definition) is 2. The van der Waals surface area contributed by atoms with Crippen molar-refractivity contribution in [3.8, 4) is 5.75 Å². The zero-order valence-electron chi connectivity index (χ0n) is 15.7. The molecule has 6 nitrogen and oxygen atoms in total. The van der Waals surface area contributed by atoms with E-state index in [2.05, 4.69) is 17.1 Å². The van der Waals surface area contributed by atoms with Crippen LogP contribution >= 0.6 is 0 Å². The van der Waals surface area contributed by atoms with Crippen molar-refractivity contribution in [3.63, 3.8) is 0 Å². The monoisotopic (exact) mass is 361 g/mol. The van der Waals surface area contributed by atoms with Crippen LogP contribution in [0.1, 0.15) is 26.2 Å². The Kier molecular flexibility index (Phi) is 6.88. The van der Waals surface area contributed by atoms with Crippen molar-refractivity contribution in [1.82, 2.24) is 4.90 Å². The standard InChI is InChI=1S/C20H31N3O3/c1-15-6-9-23(14-15)10-13-26-18-4-2-17(3-5-18)22-20(24)19(21)16-7-11-25-12-8-16/h2-5,15-16,19H,6-14,21H2,1H3,(H,22,24). The molecule has 0 saturated carbocycles. The number of ether oxygens (including phenoxy) is 2. The lowest BCUT2D eigenvalue weighted by atomic mass is 9.92. The van der Waals surface area contributed by atoms with Gasteiger partial charge in [-0.05, 0) is 61.9 Å². The molecule has 1 aromatic carbocycles. The number of nitrogens with two attached hydrogens (primary N) is 1. The van der Waals surface area contributed by atoms with Crippen LogP contribution in [0.5, 0.6) is 5.75 Å². The Hall–Kier alpha value is -1.63. The van der Waals surface area contributed by atoms with Gasteiger partial charge in [-0.15, -0.1) is 0 Å². The average molecular weight is 361 g/mol. The van der Waals surface area contributed by atoms with Crippen LogP contribution in [0.3, 0.4) is 0 Å². The van der Waals surface area contributed by atoms with E-state index < -0.39 is 6.04 Å². The molecule has 3 rings (SSSR count). The molecule has 0 radical (unpaired) electrons. The lowest BCUT2D eigenvalue weighted by Crippen LogP contribution is -2.43. The first-order valence-corrected chi connectivity index (χ1v) is 9.71. The van der Waals surface area contributed by atoms with E-state index >= 15 is 0 Å². The normalized spacial score (nSPS) is 22.9. The van der Waals surface area contributed by atoms with Gasteiger partial charge in [-0.1, -0.05) is 6.92 Å². The van der Waals surface area contributed by atoms with E-state index in [1.54, 1.807) is 0 Å².